The summed E-state index contributed by atoms with van der Waals surface area (Å²) in [5, 5.41) is 3.50. The molecule has 1 aromatic carbocycles. The number of benzene rings is 1. The van der Waals surface area contributed by atoms with Gasteiger partial charge in [-0.25, -0.2) is 0 Å². The summed E-state index contributed by atoms with van der Waals surface area (Å²) >= 11 is 0. The number of hydrogen-bond acceptors (Lipinski definition) is 2. The zero-order valence-electron chi connectivity index (χ0n) is 13.8. The molecule has 0 unspecified atom stereocenters. The topological polar surface area (TPSA) is 21.3 Å². The highest BCUT2D eigenvalue weighted by Crippen LogP contribution is 2.21. The molecule has 0 radical (unpaired) electrons. The van der Waals surface area contributed by atoms with Crippen molar-refractivity contribution in [3.05, 3.63) is 35.9 Å². The minimum Gasteiger partial charge on any atom is -0.491 e. The predicted octanol–water partition coefficient (Wildman–Crippen LogP) is 4.66. The van der Waals surface area contributed by atoms with E-state index in [0.717, 1.165) is 18.7 Å². The minimum absolute atomic E-state index is 0.187. The third-order valence-corrected chi connectivity index (χ3v) is 2.91. The molecule has 0 aliphatic heterocycles. The Morgan fingerprint density at radius 3 is 2.60 bits per heavy atom. The Bertz CT molecular complexity index is 441. The second kappa shape index (κ2) is 7.49. The lowest BCUT2D eigenvalue weighted by molar-refractivity contribution is 0.242. The number of hydrogen-bond donors (Lipinski definition) is 1. The van der Waals surface area contributed by atoms with Crippen LogP contribution in [0.2, 0.25) is 0 Å². The van der Waals surface area contributed by atoms with Crippen LogP contribution in [0.25, 0.3) is 5.57 Å². The summed E-state index contributed by atoms with van der Waals surface area (Å²) < 4.78 is 5.74. The van der Waals surface area contributed by atoms with Crippen LogP contribution >= 0.6 is 0 Å². The molecule has 0 spiro atoms. The SMILES string of the molecule is C/C(=C\CCNC(C)(C)C)c1cccc(OC(C)C)c1. The number of allylic oxidation sites excluding steroid dienone is 1. The van der Waals surface area contributed by atoms with Crippen LogP contribution < -0.4 is 10.1 Å². The molecule has 0 aromatic heterocycles. The van der Waals surface area contributed by atoms with Crippen LogP contribution in [0.3, 0.4) is 0 Å². The third-order valence-electron chi connectivity index (χ3n) is 2.91. The molecule has 0 bridgehead atoms. The molecule has 2 heteroatoms. The average Bonchev–Trinajstić information content (AvgIpc) is 2.32. The summed E-state index contributed by atoms with van der Waals surface area (Å²) in [7, 11) is 0. The highest BCUT2D eigenvalue weighted by molar-refractivity contribution is 5.64. The lowest BCUT2D eigenvalue weighted by Gasteiger charge is -2.19. The second-order valence-electron chi connectivity index (χ2n) is 6.55. The lowest BCUT2D eigenvalue weighted by atomic mass is 10.1. The van der Waals surface area contributed by atoms with Gasteiger partial charge in [-0.1, -0.05) is 18.2 Å². The standard InChI is InChI=1S/C18H29NO/c1-14(2)20-17-11-7-10-16(13-17)15(3)9-8-12-19-18(4,5)6/h7,9-11,13-14,19H,8,12H2,1-6H3/b15-9+. The van der Waals surface area contributed by atoms with E-state index in [2.05, 4.69) is 57.3 Å². The normalized spacial score (nSPS) is 12.8. The molecule has 1 N–H and O–H groups in total. The van der Waals surface area contributed by atoms with Crippen molar-refractivity contribution in [2.75, 3.05) is 6.54 Å². The Balaban J connectivity index is 2.60. The number of ether oxygens (including phenoxy) is 1. The molecule has 1 rings (SSSR count). The Morgan fingerprint density at radius 1 is 1.30 bits per heavy atom. The third kappa shape index (κ3) is 6.76. The van der Waals surface area contributed by atoms with Crippen LogP contribution in [0, 0.1) is 0 Å². The Labute approximate surface area is 124 Å². The molecule has 0 atom stereocenters. The van der Waals surface area contributed by atoms with Crippen LogP contribution in [0.5, 0.6) is 5.75 Å². The Kier molecular flexibility index (Phi) is 6.28. The Hall–Kier alpha value is -1.28. The molecule has 0 fully saturated rings. The first-order chi connectivity index (χ1) is 9.28. The van der Waals surface area contributed by atoms with Gasteiger partial charge in [-0.15, -0.1) is 0 Å². The summed E-state index contributed by atoms with van der Waals surface area (Å²) in [5.41, 5.74) is 2.72. The van der Waals surface area contributed by atoms with Crippen LogP contribution in [-0.2, 0) is 0 Å². The largest absolute Gasteiger partial charge is 0.491 e. The van der Waals surface area contributed by atoms with E-state index in [1.807, 2.05) is 19.9 Å². The maximum atomic E-state index is 5.74. The van der Waals surface area contributed by atoms with E-state index < -0.39 is 0 Å². The van der Waals surface area contributed by atoms with Gasteiger partial charge in [0.15, 0.2) is 0 Å². The molecule has 2 nitrogen and oxygen atoms in total. The molecule has 0 saturated carbocycles. The molecular formula is C18H29NO. The lowest BCUT2D eigenvalue weighted by Crippen LogP contribution is -2.36. The first-order valence-electron chi connectivity index (χ1n) is 7.47. The van der Waals surface area contributed by atoms with E-state index in [1.54, 1.807) is 0 Å². The van der Waals surface area contributed by atoms with Gasteiger partial charge in [0.2, 0.25) is 0 Å². The van der Waals surface area contributed by atoms with Crippen molar-refractivity contribution in [2.45, 2.75) is 59.6 Å². The van der Waals surface area contributed by atoms with Crippen molar-refractivity contribution in [1.82, 2.24) is 5.32 Å². The second-order valence-corrected chi connectivity index (χ2v) is 6.55. The first-order valence-corrected chi connectivity index (χ1v) is 7.47. The molecule has 0 aliphatic carbocycles. The fourth-order valence-electron chi connectivity index (χ4n) is 1.94. The average molecular weight is 275 g/mol. The summed E-state index contributed by atoms with van der Waals surface area (Å²) in [6, 6.07) is 8.31. The van der Waals surface area contributed by atoms with Gasteiger partial charge in [0.1, 0.15) is 5.75 Å². The van der Waals surface area contributed by atoms with E-state index in [-0.39, 0.29) is 11.6 Å². The van der Waals surface area contributed by atoms with Crippen LogP contribution in [0.4, 0.5) is 0 Å². The van der Waals surface area contributed by atoms with Crippen LogP contribution in [0.1, 0.15) is 53.5 Å². The summed E-state index contributed by atoms with van der Waals surface area (Å²) in [6.45, 7) is 13.8. The molecule has 0 amide bonds. The van der Waals surface area contributed by atoms with E-state index in [1.165, 1.54) is 11.1 Å². The van der Waals surface area contributed by atoms with Gasteiger partial charge in [0.05, 0.1) is 6.10 Å². The maximum Gasteiger partial charge on any atom is 0.120 e. The van der Waals surface area contributed by atoms with Gasteiger partial charge in [-0.05, 0) is 77.8 Å². The van der Waals surface area contributed by atoms with Crippen molar-refractivity contribution in [1.29, 1.82) is 0 Å². The monoisotopic (exact) mass is 275 g/mol. The van der Waals surface area contributed by atoms with Crippen LogP contribution in [-0.4, -0.2) is 18.2 Å². The highest BCUT2D eigenvalue weighted by atomic mass is 16.5. The predicted molar refractivity (Wildman–Crippen MR) is 88.2 cm³/mol. The Morgan fingerprint density at radius 2 is 2.00 bits per heavy atom. The van der Waals surface area contributed by atoms with Gasteiger partial charge < -0.3 is 10.1 Å². The van der Waals surface area contributed by atoms with Gasteiger partial charge in [0, 0.05) is 5.54 Å². The van der Waals surface area contributed by atoms with Crippen molar-refractivity contribution >= 4 is 5.57 Å². The molecule has 20 heavy (non-hydrogen) atoms. The molecule has 112 valence electrons. The first kappa shape index (κ1) is 16.8. The van der Waals surface area contributed by atoms with Crippen LogP contribution in [0.15, 0.2) is 30.3 Å². The smallest absolute Gasteiger partial charge is 0.120 e. The molecule has 0 heterocycles. The van der Waals surface area contributed by atoms with Crippen molar-refractivity contribution < 1.29 is 4.74 Å². The van der Waals surface area contributed by atoms with Gasteiger partial charge in [-0.3, -0.25) is 0 Å². The zero-order valence-corrected chi connectivity index (χ0v) is 13.8. The molecule has 0 aliphatic rings. The van der Waals surface area contributed by atoms with Crippen molar-refractivity contribution in [3.8, 4) is 5.75 Å². The molecular weight excluding hydrogens is 246 g/mol. The van der Waals surface area contributed by atoms with E-state index >= 15 is 0 Å². The fraction of sp³-hybridized carbons (Fsp3) is 0.556. The fourth-order valence-corrected chi connectivity index (χ4v) is 1.94. The quantitative estimate of drug-likeness (QED) is 0.763. The minimum atomic E-state index is 0.187. The van der Waals surface area contributed by atoms with Crippen molar-refractivity contribution in [3.63, 3.8) is 0 Å². The summed E-state index contributed by atoms with van der Waals surface area (Å²) in [6.07, 6.45) is 3.54. The summed E-state index contributed by atoms with van der Waals surface area (Å²) in [4.78, 5) is 0. The maximum absolute atomic E-state index is 5.74. The number of nitrogens with one attached hydrogen (secondary N) is 1. The van der Waals surface area contributed by atoms with E-state index in [9.17, 15) is 0 Å². The van der Waals surface area contributed by atoms with E-state index in [4.69, 9.17) is 4.74 Å². The van der Waals surface area contributed by atoms with E-state index in [0.29, 0.717) is 0 Å². The number of rotatable bonds is 6. The van der Waals surface area contributed by atoms with Gasteiger partial charge in [0.25, 0.3) is 0 Å². The summed E-state index contributed by atoms with van der Waals surface area (Å²) in [5.74, 6) is 0.943. The van der Waals surface area contributed by atoms with Gasteiger partial charge in [-0.2, -0.15) is 0 Å². The zero-order chi connectivity index (χ0) is 15.2. The van der Waals surface area contributed by atoms with Crippen molar-refractivity contribution in [2.24, 2.45) is 0 Å². The highest BCUT2D eigenvalue weighted by Gasteiger charge is 2.06. The van der Waals surface area contributed by atoms with Gasteiger partial charge >= 0.3 is 0 Å². The molecule has 1 aromatic rings. The molecule has 0 saturated heterocycles.